The summed E-state index contributed by atoms with van der Waals surface area (Å²) in [6, 6.07) is 5.63. The molecular weight excluding hydrogens is 308 g/mol. The highest BCUT2D eigenvalue weighted by Gasteiger charge is 2.31. The lowest BCUT2D eigenvalue weighted by Gasteiger charge is -2.14. The largest absolute Gasteiger partial charge is 0.481 e. The molecule has 2 heterocycles. The van der Waals surface area contributed by atoms with Crippen LogP contribution < -0.4 is 5.32 Å². The number of rotatable bonds is 8. The number of allylic oxidation sites excluding steroid dienone is 1. The van der Waals surface area contributed by atoms with Crippen LogP contribution in [0.15, 0.2) is 40.8 Å². The highest BCUT2D eigenvalue weighted by atomic mass is 16.4. The van der Waals surface area contributed by atoms with Gasteiger partial charge in [0.1, 0.15) is 0 Å². The van der Waals surface area contributed by atoms with Crippen LogP contribution in [0.4, 0.5) is 0 Å². The van der Waals surface area contributed by atoms with Gasteiger partial charge in [-0.1, -0.05) is 19.4 Å². The van der Waals surface area contributed by atoms with E-state index in [0.717, 1.165) is 24.2 Å². The average Bonchev–Trinajstić information content (AvgIpc) is 2.82. The molecule has 1 amide bonds. The molecule has 1 aliphatic rings. The molecule has 0 saturated carbocycles. The van der Waals surface area contributed by atoms with Gasteiger partial charge in [-0.2, -0.15) is 5.10 Å². The van der Waals surface area contributed by atoms with Gasteiger partial charge in [-0.3, -0.25) is 14.6 Å². The fraction of sp³-hybridized carbons (Fsp3) is 0.412. The topological polar surface area (TPSA) is 94.9 Å². The zero-order valence-electron chi connectivity index (χ0n) is 14.0. The summed E-state index contributed by atoms with van der Waals surface area (Å²) in [5.74, 6) is -1.28. The second kappa shape index (κ2) is 8.24. The third-order valence-electron chi connectivity index (χ3n) is 3.68. The number of amides is 1. The first-order chi connectivity index (χ1) is 11.5. The standard InChI is InChI=1S/C17H22N4O3/c1-3-4-8-13(19-11-12-7-5-6-9-18-12)16-14(10-15(22)23)20-21(2)17(16)24/h5-7,9,19H,3-4,8,10-11H2,1-2H3,(H,22,23). The van der Waals surface area contributed by atoms with Gasteiger partial charge in [0.25, 0.3) is 5.91 Å². The predicted octanol–water partition coefficient (Wildman–Crippen LogP) is 1.92. The number of carbonyl (C=O) groups is 2. The highest BCUT2D eigenvalue weighted by molar-refractivity contribution is 6.28. The molecule has 1 aromatic heterocycles. The number of unbranched alkanes of at least 4 members (excludes halogenated alkanes) is 1. The molecule has 128 valence electrons. The third kappa shape index (κ3) is 4.41. The summed E-state index contributed by atoms with van der Waals surface area (Å²) in [5.41, 5.74) is 2.26. The fourth-order valence-electron chi connectivity index (χ4n) is 2.49. The van der Waals surface area contributed by atoms with Gasteiger partial charge in [-0.15, -0.1) is 0 Å². The predicted molar refractivity (Wildman–Crippen MR) is 90.1 cm³/mol. The van der Waals surface area contributed by atoms with Gasteiger partial charge in [0.15, 0.2) is 0 Å². The van der Waals surface area contributed by atoms with E-state index in [0.29, 0.717) is 24.3 Å². The van der Waals surface area contributed by atoms with Crippen molar-refractivity contribution in [3.8, 4) is 0 Å². The lowest BCUT2D eigenvalue weighted by molar-refractivity contribution is -0.135. The van der Waals surface area contributed by atoms with Crippen molar-refractivity contribution in [3.63, 3.8) is 0 Å². The van der Waals surface area contributed by atoms with Crippen LogP contribution in [0.1, 0.15) is 38.3 Å². The van der Waals surface area contributed by atoms with Crippen molar-refractivity contribution in [3.05, 3.63) is 41.4 Å². The Hall–Kier alpha value is -2.70. The molecule has 2 rings (SSSR count). The van der Waals surface area contributed by atoms with Gasteiger partial charge in [-0.25, -0.2) is 5.01 Å². The van der Waals surface area contributed by atoms with Crippen LogP contribution in [0.2, 0.25) is 0 Å². The molecule has 0 bridgehead atoms. The Bertz CT molecular complexity index is 668. The molecule has 0 aliphatic carbocycles. The van der Waals surface area contributed by atoms with E-state index in [9.17, 15) is 9.59 Å². The number of carboxylic acid groups (broad SMARTS) is 1. The van der Waals surface area contributed by atoms with Crippen LogP contribution in [0.25, 0.3) is 0 Å². The Morgan fingerprint density at radius 2 is 2.17 bits per heavy atom. The van der Waals surface area contributed by atoms with Crippen molar-refractivity contribution in [1.29, 1.82) is 0 Å². The minimum absolute atomic E-state index is 0.272. The Kier molecular flexibility index (Phi) is 6.06. The van der Waals surface area contributed by atoms with E-state index >= 15 is 0 Å². The number of pyridine rings is 1. The molecular formula is C17H22N4O3. The van der Waals surface area contributed by atoms with Crippen LogP contribution in [-0.2, 0) is 16.1 Å². The monoisotopic (exact) mass is 330 g/mol. The van der Waals surface area contributed by atoms with Gasteiger partial charge in [0.05, 0.1) is 29.9 Å². The Labute approximate surface area is 141 Å². The number of aliphatic carboxylic acids is 1. The van der Waals surface area contributed by atoms with Crippen LogP contribution >= 0.6 is 0 Å². The third-order valence-corrected chi connectivity index (χ3v) is 3.68. The summed E-state index contributed by atoms with van der Waals surface area (Å²) in [7, 11) is 1.54. The number of likely N-dealkylation sites (N-methyl/N-ethyl adjacent to an activating group) is 1. The summed E-state index contributed by atoms with van der Waals surface area (Å²) < 4.78 is 0. The summed E-state index contributed by atoms with van der Waals surface area (Å²) >= 11 is 0. The van der Waals surface area contributed by atoms with Crippen molar-refractivity contribution >= 4 is 17.6 Å². The Morgan fingerprint density at radius 1 is 1.38 bits per heavy atom. The van der Waals surface area contributed by atoms with Crippen molar-refractivity contribution in [2.75, 3.05) is 7.05 Å². The number of nitrogens with zero attached hydrogens (tertiary/aromatic N) is 3. The first-order valence-corrected chi connectivity index (χ1v) is 7.97. The molecule has 0 spiro atoms. The maximum atomic E-state index is 12.4. The van der Waals surface area contributed by atoms with E-state index in [2.05, 4.69) is 22.3 Å². The second-order valence-corrected chi connectivity index (χ2v) is 5.58. The summed E-state index contributed by atoms with van der Waals surface area (Å²) in [6.45, 7) is 2.54. The smallest absolute Gasteiger partial charge is 0.309 e. The molecule has 0 fully saturated rings. The molecule has 0 radical (unpaired) electrons. The quantitative estimate of drug-likeness (QED) is 0.710. The molecule has 1 aromatic rings. The number of aromatic nitrogens is 1. The lowest BCUT2D eigenvalue weighted by atomic mass is 10.0. The second-order valence-electron chi connectivity index (χ2n) is 5.58. The van der Waals surface area contributed by atoms with Crippen molar-refractivity contribution in [2.45, 2.75) is 39.2 Å². The first-order valence-electron chi connectivity index (χ1n) is 7.97. The van der Waals surface area contributed by atoms with Gasteiger partial charge in [0, 0.05) is 18.9 Å². The molecule has 1 aliphatic heterocycles. The van der Waals surface area contributed by atoms with Gasteiger partial charge in [0.2, 0.25) is 0 Å². The molecule has 2 N–H and O–H groups in total. The van der Waals surface area contributed by atoms with E-state index in [1.54, 1.807) is 6.20 Å². The minimum atomic E-state index is -1.01. The molecule has 0 saturated heterocycles. The zero-order valence-corrected chi connectivity index (χ0v) is 14.0. The van der Waals surface area contributed by atoms with Crippen molar-refractivity contribution in [1.82, 2.24) is 15.3 Å². The molecule has 0 aromatic carbocycles. The fourth-order valence-corrected chi connectivity index (χ4v) is 2.49. The molecule has 24 heavy (non-hydrogen) atoms. The summed E-state index contributed by atoms with van der Waals surface area (Å²) in [6.07, 6.45) is 3.97. The number of hydrogen-bond donors (Lipinski definition) is 2. The Morgan fingerprint density at radius 3 is 2.79 bits per heavy atom. The van der Waals surface area contributed by atoms with Crippen molar-refractivity contribution < 1.29 is 14.7 Å². The summed E-state index contributed by atoms with van der Waals surface area (Å²) in [4.78, 5) is 27.7. The number of hydrazone groups is 1. The van der Waals surface area contributed by atoms with E-state index < -0.39 is 5.97 Å². The average molecular weight is 330 g/mol. The number of carbonyl (C=O) groups excluding carboxylic acids is 1. The van der Waals surface area contributed by atoms with E-state index in [4.69, 9.17) is 5.11 Å². The lowest BCUT2D eigenvalue weighted by Crippen LogP contribution is -2.25. The summed E-state index contributed by atoms with van der Waals surface area (Å²) in [5, 5.41) is 17.6. The van der Waals surface area contributed by atoms with Crippen LogP contribution in [0.5, 0.6) is 0 Å². The number of nitrogens with one attached hydrogen (secondary N) is 1. The van der Waals surface area contributed by atoms with Crippen LogP contribution in [0.3, 0.4) is 0 Å². The molecule has 7 nitrogen and oxygen atoms in total. The van der Waals surface area contributed by atoms with Gasteiger partial charge >= 0.3 is 5.97 Å². The zero-order chi connectivity index (χ0) is 17.5. The number of carboxylic acids is 1. The van der Waals surface area contributed by atoms with Crippen LogP contribution in [-0.4, -0.2) is 39.7 Å². The van der Waals surface area contributed by atoms with Gasteiger partial charge < -0.3 is 10.4 Å². The minimum Gasteiger partial charge on any atom is -0.481 e. The van der Waals surface area contributed by atoms with Crippen molar-refractivity contribution in [2.24, 2.45) is 5.10 Å². The first kappa shape index (κ1) is 17.7. The van der Waals surface area contributed by atoms with E-state index in [1.165, 1.54) is 12.1 Å². The highest BCUT2D eigenvalue weighted by Crippen LogP contribution is 2.22. The molecule has 0 atom stereocenters. The van der Waals surface area contributed by atoms with Crippen LogP contribution in [0, 0.1) is 0 Å². The molecule has 7 heteroatoms. The van der Waals surface area contributed by atoms with E-state index in [-0.39, 0.29) is 12.3 Å². The van der Waals surface area contributed by atoms with Gasteiger partial charge in [-0.05, 0) is 25.0 Å². The molecule has 0 unspecified atom stereocenters. The maximum absolute atomic E-state index is 12.4. The SMILES string of the molecule is CCCCC(NCc1ccccn1)=C1C(=O)N(C)N=C1CC(=O)O. The normalized spacial score (nSPS) is 16.2. The Balaban J connectivity index is 2.28. The van der Waals surface area contributed by atoms with E-state index in [1.807, 2.05) is 18.2 Å². The maximum Gasteiger partial charge on any atom is 0.309 e. The number of hydrogen-bond acceptors (Lipinski definition) is 5.